The van der Waals surface area contributed by atoms with Gasteiger partial charge in [0.15, 0.2) is 11.5 Å². The van der Waals surface area contributed by atoms with E-state index in [1.54, 1.807) is 6.07 Å². The maximum absolute atomic E-state index is 6.30. The molecular formula is C14H19ClN4O2. The zero-order valence-electron chi connectivity index (χ0n) is 12.3. The van der Waals surface area contributed by atoms with E-state index in [2.05, 4.69) is 20.5 Å². The smallest absolute Gasteiger partial charge is 0.218 e. The van der Waals surface area contributed by atoms with Crippen molar-refractivity contribution in [3.8, 4) is 11.5 Å². The summed E-state index contributed by atoms with van der Waals surface area (Å²) >= 11 is 6.30. The summed E-state index contributed by atoms with van der Waals surface area (Å²) in [5.41, 5.74) is 0.896. The van der Waals surface area contributed by atoms with Crippen molar-refractivity contribution >= 4 is 17.5 Å². The summed E-state index contributed by atoms with van der Waals surface area (Å²) in [6, 6.07) is 3.66. The van der Waals surface area contributed by atoms with Gasteiger partial charge in [0.1, 0.15) is 6.33 Å². The Labute approximate surface area is 128 Å². The van der Waals surface area contributed by atoms with E-state index in [-0.39, 0.29) is 6.10 Å². The molecule has 0 atom stereocenters. The van der Waals surface area contributed by atoms with Crippen LogP contribution in [0.15, 0.2) is 18.5 Å². The lowest BCUT2D eigenvalue weighted by Gasteiger charge is -2.17. The number of benzene rings is 1. The van der Waals surface area contributed by atoms with Crippen LogP contribution in [0, 0.1) is 0 Å². The number of rotatable bonds is 7. The number of hydrogen-bond acceptors (Lipinski definition) is 5. The highest BCUT2D eigenvalue weighted by atomic mass is 35.5. The second-order valence-electron chi connectivity index (χ2n) is 4.68. The lowest BCUT2D eigenvalue weighted by atomic mass is 10.2. The van der Waals surface area contributed by atoms with E-state index in [1.807, 2.05) is 26.8 Å². The van der Waals surface area contributed by atoms with Crippen molar-refractivity contribution in [1.82, 2.24) is 15.2 Å². The van der Waals surface area contributed by atoms with Gasteiger partial charge in [0.25, 0.3) is 0 Å². The van der Waals surface area contributed by atoms with Crippen LogP contribution >= 0.6 is 11.6 Å². The van der Waals surface area contributed by atoms with Crippen LogP contribution in [0.1, 0.15) is 26.3 Å². The molecule has 0 saturated heterocycles. The summed E-state index contributed by atoms with van der Waals surface area (Å²) in [6.45, 7) is 6.92. The Morgan fingerprint density at radius 2 is 2.14 bits per heavy atom. The van der Waals surface area contributed by atoms with Gasteiger partial charge < -0.3 is 14.8 Å². The highest BCUT2D eigenvalue weighted by Crippen LogP contribution is 2.34. The third-order valence-corrected chi connectivity index (χ3v) is 2.99. The van der Waals surface area contributed by atoms with Crippen molar-refractivity contribution < 1.29 is 9.47 Å². The fraction of sp³-hybridized carbons (Fsp3) is 0.429. The molecule has 0 radical (unpaired) electrons. The first-order chi connectivity index (χ1) is 10.1. The van der Waals surface area contributed by atoms with Gasteiger partial charge in [-0.1, -0.05) is 11.6 Å². The normalized spacial score (nSPS) is 10.7. The Morgan fingerprint density at radius 1 is 1.33 bits per heavy atom. The number of H-pyrrole nitrogens is 1. The molecule has 1 aromatic heterocycles. The van der Waals surface area contributed by atoms with E-state index in [0.29, 0.717) is 35.6 Å². The Hall–Kier alpha value is -1.95. The van der Waals surface area contributed by atoms with E-state index < -0.39 is 0 Å². The van der Waals surface area contributed by atoms with E-state index in [4.69, 9.17) is 21.1 Å². The molecule has 6 nitrogen and oxygen atoms in total. The van der Waals surface area contributed by atoms with Crippen molar-refractivity contribution in [1.29, 1.82) is 0 Å². The molecule has 0 amide bonds. The molecule has 7 heteroatoms. The van der Waals surface area contributed by atoms with Crippen LogP contribution in [0.4, 0.5) is 5.95 Å². The molecule has 0 spiro atoms. The SMILES string of the molecule is CCOc1cc(CNc2ncn[nH]2)c(Cl)cc1OC(C)C. The first-order valence-corrected chi connectivity index (χ1v) is 7.19. The van der Waals surface area contributed by atoms with Gasteiger partial charge in [-0.2, -0.15) is 5.10 Å². The summed E-state index contributed by atoms with van der Waals surface area (Å²) in [5, 5.41) is 10.2. The third kappa shape index (κ3) is 4.26. The molecule has 0 unspecified atom stereocenters. The van der Waals surface area contributed by atoms with Gasteiger partial charge in [-0.15, -0.1) is 0 Å². The van der Waals surface area contributed by atoms with Crippen LogP contribution in [0.25, 0.3) is 0 Å². The average molecular weight is 311 g/mol. The molecule has 2 aromatic rings. The predicted octanol–water partition coefficient (Wildman–Crippen LogP) is 3.26. The molecule has 2 rings (SSSR count). The minimum Gasteiger partial charge on any atom is -0.490 e. The van der Waals surface area contributed by atoms with E-state index in [0.717, 1.165) is 5.56 Å². The molecule has 0 bridgehead atoms. The number of aromatic nitrogens is 3. The van der Waals surface area contributed by atoms with Gasteiger partial charge >= 0.3 is 0 Å². The van der Waals surface area contributed by atoms with Gasteiger partial charge in [0, 0.05) is 17.6 Å². The third-order valence-electron chi connectivity index (χ3n) is 2.64. The monoisotopic (exact) mass is 310 g/mol. The molecule has 2 N–H and O–H groups in total. The van der Waals surface area contributed by atoms with Crippen molar-refractivity contribution in [2.75, 3.05) is 11.9 Å². The number of anilines is 1. The fourth-order valence-corrected chi connectivity index (χ4v) is 2.02. The molecular weight excluding hydrogens is 292 g/mol. The zero-order chi connectivity index (χ0) is 15.2. The highest BCUT2D eigenvalue weighted by Gasteiger charge is 2.12. The number of hydrogen-bond donors (Lipinski definition) is 2. The van der Waals surface area contributed by atoms with Crippen molar-refractivity contribution in [2.45, 2.75) is 33.4 Å². The van der Waals surface area contributed by atoms with Gasteiger partial charge in [0.05, 0.1) is 12.7 Å². The number of aromatic amines is 1. The van der Waals surface area contributed by atoms with Crippen molar-refractivity contribution in [3.63, 3.8) is 0 Å². The predicted molar refractivity (Wildman–Crippen MR) is 82.1 cm³/mol. The Morgan fingerprint density at radius 3 is 2.76 bits per heavy atom. The van der Waals surface area contributed by atoms with E-state index >= 15 is 0 Å². The van der Waals surface area contributed by atoms with Gasteiger partial charge in [-0.25, -0.2) is 10.1 Å². The summed E-state index contributed by atoms with van der Waals surface area (Å²) in [5.74, 6) is 1.93. The maximum Gasteiger partial charge on any atom is 0.218 e. The van der Waals surface area contributed by atoms with Crippen molar-refractivity contribution in [2.24, 2.45) is 0 Å². The topological polar surface area (TPSA) is 72.1 Å². The second kappa shape index (κ2) is 7.17. The summed E-state index contributed by atoms with van der Waals surface area (Å²) in [7, 11) is 0. The Balaban J connectivity index is 2.18. The van der Waals surface area contributed by atoms with Gasteiger partial charge in [0.2, 0.25) is 5.95 Å². The molecule has 0 fully saturated rings. The summed E-state index contributed by atoms with van der Waals surface area (Å²) < 4.78 is 11.3. The first kappa shape index (κ1) is 15.4. The highest BCUT2D eigenvalue weighted by molar-refractivity contribution is 6.31. The van der Waals surface area contributed by atoms with E-state index in [9.17, 15) is 0 Å². The number of ether oxygens (including phenoxy) is 2. The maximum atomic E-state index is 6.30. The standard InChI is InChI=1S/C14H19ClN4O2/c1-4-20-12-5-10(7-16-14-17-8-18-19-14)11(15)6-13(12)21-9(2)3/h5-6,8-9H,4,7H2,1-3H3,(H2,16,17,18,19). The molecule has 0 aliphatic heterocycles. The van der Waals surface area contributed by atoms with Crippen LogP contribution in [0.2, 0.25) is 5.02 Å². The Bertz CT molecular complexity index is 573. The zero-order valence-corrected chi connectivity index (χ0v) is 13.1. The van der Waals surface area contributed by atoms with Crippen molar-refractivity contribution in [3.05, 3.63) is 29.0 Å². The fourth-order valence-electron chi connectivity index (χ4n) is 1.80. The molecule has 0 saturated carbocycles. The number of halogens is 1. The quantitative estimate of drug-likeness (QED) is 0.821. The molecule has 0 aliphatic carbocycles. The van der Waals surface area contributed by atoms with Crippen LogP contribution < -0.4 is 14.8 Å². The Kier molecular flexibility index (Phi) is 5.27. The number of nitrogens with zero attached hydrogens (tertiary/aromatic N) is 2. The van der Waals surface area contributed by atoms with Crippen LogP contribution in [-0.4, -0.2) is 27.9 Å². The minimum atomic E-state index is 0.0541. The molecule has 1 heterocycles. The van der Waals surface area contributed by atoms with Crippen LogP contribution in [-0.2, 0) is 6.54 Å². The van der Waals surface area contributed by atoms with Gasteiger partial charge in [-0.3, -0.25) is 0 Å². The lowest BCUT2D eigenvalue weighted by Crippen LogP contribution is -2.09. The summed E-state index contributed by atoms with van der Waals surface area (Å²) in [4.78, 5) is 4.00. The summed E-state index contributed by atoms with van der Waals surface area (Å²) in [6.07, 6.45) is 1.49. The second-order valence-corrected chi connectivity index (χ2v) is 5.08. The van der Waals surface area contributed by atoms with Crippen LogP contribution in [0.3, 0.4) is 0 Å². The molecule has 1 aromatic carbocycles. The molecule has 0 aliphatic rings. The number of nitrogens with one attached hydrogen (secondary N) is 2. The first-order valence-electron chi connectivity index (χ1n) is 6.81. The van der Waals surface area contributed by atoms with E-state index in [1.165, 1.54) is 6.33 Å². The minimum absolute atomic E-state index is 0.0541. The average Bonchev–Trinajstić information content (AvgIpc) is 2.93. The largest absolute Gasteiger partial charge is 0.490 e. The van der Waals surface area contributed by atoms with Crippen LogP contribution in [0.5, 0.6) is 11.5 Å². The van der Waals surface area contributed by atoms with Gasteiger partial charge in [-0.05, 0) is 32.4 Å². The molecule has 114 valence electrons. The molecule has 21 heavy (non-hydrogen) atoms. The lowest BCUT2D eigenvalue weighted by molar-refractivity contribution is 0.224.